The average molecular weight is 265 g/mol. The Morgan fingerprint density at radius 2 is 1.32 bits per heavy atom. The van der Waals surface area contributed by atoms with Crippen LogP contribution in [0.25, 0.3) is 11.1 Å². The van der Waals surface area contributed by atoms with E-state index in [0.717, 1.165) is 16.7 Å². The molecule has 0 spiro atoms. The van der Waals surface area contributed by atoms with E-state index in [4.69, 9.17) is 0 Å². The average Bonchev–Trinajstić information content (AvgIpc) is 2.38. The molecule has 0 aliphatic carbocycles. The molecule has 0 unspecified atom stereocenters. The monoisotopic (exact) mass is 265 g/mol. The van der Waals surface area contributed by atoms with Gasteiger partial charge in [0.2, 0.25) is 0 Å². The van der Waals surface area contributed by atoms with Gasteiger partial charge in [0.15, 0.2) is 0 Å². The topological polar surface area (TPSA) is 9.23 Å². The van der Waals surface area contributed by atoms with E-state index in [9.17, 15) is 13.2 Å². The second-order valence-corrected chi connectivity index (χ2v) is 3.98. The molecule has 0 N–H and O–H groups in total. The molecule has 99 valence electrons. The van der Waals surface area contributed by atoms with Gasteiger partial charge in [-0.25, -0.2) is 0 Å². The quantitative estimate of drug-likeness (QED) is 0.772. The molecule has 0 aromatic heterocycles. The van der Waals surface area contributed by atoms with Crippen molar-refractivity contribution >= 4 is 0 Å². The summed E-state index contributed by atoms with van der Waals surface area (Å²) in [4.78, 5) is 0. The van der Waals surface area contributed by atoms with Gasteiger partial charge in [-0.3, -0.25) is 0 Å². The molecule has 0 atom stereocenters. The zero-order chi connectivity index (χ0) is 13.9. The summed E-state index contributed by atoms with van der Waals surface area (Å²) in [6.45, 7) is 1.94. The molecule has 0 bridgehead atoms. The highest BCUT2D eigenvalue weighted by Gasteiger charge is 2.30. The Morgan fingerprint density at radius 3 is 1.74 bits per heavy atom. The molecule has 0 heterocycles. The maximum atomic E-state index is 12.0. The summed E-state index contributed by atoms with van der Waals surface area (Å²) < 4.78 is 39.9. The molecule has 0 amide bonds. The molecular weight excluding hydrogens is 253 g/mol. The van der Waals surface area contributed by atoms with Crippen molar-refractivity contribution < 1.29 is 17.9 Å². The first-order chi connectivity index (χ1) is 8.98. The SMILES string of the molecule is C[CH]c1ccc(-c2ccc(OC(F)(F)F)cc2)cc1. The molecule has 2 aromatic rings. The maximum Gasteiger partial charge on any atom is 0.573 e. The van der Waals surface area contributed by atoms with Crippen LogP contribution in [0.4, 0.5) is 13.2 Å². The Hall–Kier alpha value is -1.97. The number of ether oxygens (including phenoxy) is 1. The van der Waals surface area contributed by atoms with Gasteiger partial charge in [-0.2, -0.15) is 0 Å². The third-order valence-corrected chi connectivity index (χ3v) is 2.67. The van der Waals surface area contributed by atoms with E-state index in [-0.39, 0.29) is 5.75 Å². The Bertz CT molecular complexity index is 527. The minimum absolute atomic E-state index is 0.213. The lowest BCUT2D eigenvalue weighted by Gasteiger charge is -2.09. The smallest absolute Gasteiger partial charge is 0.406 e. The standard InChI is InChI=1S/C15H12F3O/c1-2-11-3-5-12(6-4-11)13-7-9-14(10-8-13)19-15(16,17)18/h2-10H,1H3. The maximum absolute atomic E-state index is 12.0. The van der Waals surface area contributed by atoms with Crippen LogP contribution < -0.4 is 4.74 Å². The summed E-state index contributed by atoms with van der Waals surface area (Å²) in [5.41, 5.74) is 2.89. The molecule has 4 heteroatoms. The van der Waals surface area contributed by atoms with Gasteiger partial charge < -0.3 is 4.74 Å². The molecule has 0 saturated carbocycles. The highest BCUT2D eigenvalue weighted by Crippen LogP contribution is 2.26. The van der Waals surface area contributed by atoms with Gasteiger partial charge in [0.25, 0.3) is 0 Å². The third-order valence-electron chi connectivity index (χ3n) is 2.67. The van der Waals surface area contributed by atoms with Crippen LogP contribution in [0.5, 0.6) is 5.75 Å². The molecule has 2 aromatic carbocycles. The van der Waals surface area contributed by atoms with E-state index in [0.29, 0.717) is 0 Å². The Morgan fingerprint density at radius 1 is 0.842 bits per heavy atom. The molecule has 0 aliphatic rings. The van der Waals surface area contributed by atoms with Gasteiger partial charge in [0.1, 0.15) is 5.75 Å². The Labute approximate surface area is 109 Å². The predicted octanol–water partition coefficient (Wildman–Crippen LogP) is 4.82. The highest BCUT2D eigenvalue weighted by atomic mass is 19.4. The van der Waals surface area contributed by atoms with Crippen molar-refractivity contribution in [1.82, 2.24) is 0 Å². The number of benzene rings is 2. The minimum atomic E-state index is -4.65. The molecule has 2 rings (SSSR count). The fourth-order valence-electron chi connectivity index (χ4n) is 1.72. The van der Waals surface area contributed by atoms with E-state index >= 15 is 0 Å². The van der Waals surface area contributed by atoms with Crippen LogP contribution in [0, 0.1) is 6.42 Å². The van der Waals surface area contributed by atoms with Crippen LogP contribution in [0.1, 0.15) is 12.5 Å². The first kappa shape index (κ1) is 13.5. The lowest BCUT2D eigenvalue weighted by atomic mass is 10.0. The van der Waals surface area contributed by atoms with Gasteiger partial charge in [-0.15, -0.1) is 13.2 Å². The van der Waals surface area contributed by atoms with Crippen molar-refractivity contribution in [2.24, 2.45) is 0 Å². The van der Waals surface area contributed by atoms with Gasteiger partial charge in [0.05, 0.1) is 0 Å². The van der Waals surface area contributed by atoms with E-state index in [1.54, 1.807) is 12.1 Å². The van der Waals surface area contributed by atoms with Gasteiger partial charge in [-0.05, 0) is 35.2 Å². The van der Waals surface area contributed by atoms with Crippen LogP contribution in [0.15, 0.2) is 48.5 Å². The summed E-state index contributed by atoms with van der Waals surface area (Å²) in [6.07, 6.45) is -2.68. The van der Waals surface area contributed by atoms with E-state index in [1.165, 1.54) is 12.1 Å². The van der Waals surface area contributed by atoms with Crippen LogP contribution in [-0.4, -0.2) is 6.36 Å². The van der Waals surface area contributed by atoms with Crippen LogP contribution >= 0.6 is 0 Å². The summed E-state index contributed by atoms with van der Waals surface area (Å²) in [5.74, 6) is -0.213. The molecule has 0 saturated heterocycles. The molecule has 1 radical (unpaired) electrons. The van der Waals surface area contributed by atoms with Gasteiger partial charge in [-0.1, -0.05) is 43.3 Å². The van der Waals surface area contributed by atoms with E-state index < -0.39 is 6.36 Å². The third kappa shape index (κ3) is 3.74. The van der Waals surface area contributed by atoms with Crippen molar-refractivity contribution in [2.75, 3.05) is 0 Å². The number of halogens is 3. The zero-order valence-corrected chi connectivity index (χ0v) is 10.2. The first-order valence-electron chi connectivity index (χ1n) is 5.73. The van der Waals surface area contributed by atoms with Crippen molar-refractivity contribution in [3.8, 4) is 16.9 Å². The predicted molar refractivity (Wildman–Crippen MR) is 67.6 cm³/mol. The Kier molecular flexibility index (Phi) is 3.79. The number of alkyl halides is 3. The zero-order valence-electron chi connectivity index (χ0n) is 10.2. The fourth-order valence-corrected chi connectivity index (χ4v) is 1.72. The van der Waals surface area contributed by atoms with Crippen molar-refractivity contribution in [3.63, 3.8) is 0 Å². The minimum Gasteiger partial charge on any atom is -0.406 e. The molecular formula is C15H12F3O. The van der Waals surface area contributed by atoms with Crippen LogP contribution in [0.2, 0.25) is 0 Å². The second kappa shape index (κ2) is 5.34. The largest absolute Gasteiger partial charge is 0.573 e. The number of hydrogen-bond acceptors (Lipinski definition) is 1. The summed E-state index contributed by atoms with van der Waals surface area (Å²) in [6, 6.07) is 13.6. The molecule has 19 heavy (non-hydrogen) atoms. The van der Waals surface area contributed by atoms with Gasteiger partial charge in [0, 0.05) is 0 Å². The van der Waals surface area contributed by atoms with Crippen LogP contribution in [0.3, 0.4) is 0 Å². The normalized spacial score (nSPS) is 11.4. The summed E-state index contributed by atoms with van der Waals surface area (Å²) in [7, 11) is 0. The van der Waals surface area contributed by atoms with Crippen molar-refractivity contribution in [1.29, 1.82) is 0 Å². The lowest BCUT2D eigenvalue weighted by molar-refractivity contribution is -0.274. The molecule has 0 aliphatic heterocycles. The first-order valence-corrected chi connectivity index (χ1v) is 5.73. The van der Waals surface area contributed by atoms with Crippen molar-refractivity contribution in [3.05, 3.63) is 60.5 Å². The van der Waals surface area contributed by atoms with E-state index in [2.05, 4.69) is 4.74 Å². The number of rotatable bonds is 3. The molecule has 0 fully saturated rings. The molecule has 1 nitrogen and oxygen atoms in total. The van der Waals surface area contributed by atoms with Crippen molar-refractivity contribution in [2.45, 2.75) is 13.3 Å². The summed E-state index contributed by atoms with van der Waals surface area (Å²) in [5, 5.41) is 0. The summed E-state index contributed by atoms with van der Waals surface area (Å²) >= 11 is 0. The van der Waals surface area contributed by atoms with Gasteiger partial charge >= 0.3 is 6.36 Å². The van der Waals surface area contributed by atoms with Crippen LogP contribution in [-0.2, 0) is 0 Å². The number of hydrogen-bond donors (Lipinski definition) is 0. The highest BCUT2D eigenvalue weighted by molar-refractivity contribution is 5.64. The lowest BCUT2D eigenvalue weighted by Crippen LogP contribution is -2.16. The fraction of sp³-hybridized carbons (Fsp3) is 0.133. The van der Waals surface area contributed by atoms with E-state index in [1.807, 2.05) is 37.6 Å². The second-order valence-electron chi connectivity index (χ2n) is 3.98. The Balaban J connectivity index is 2.17.